The number of nitrogens with one attached hydrogen (secondary N) is 2. The highest BCUT2D eigenvalue weighted by Gasteiger charge is 2.25. The van der Waals surface area contributed by atoms with Crippen LogP contribution in [0.1, 0.15) is 28.8 Å². The van der Waals surface area contributed by atoms with Crippen molar-refractivity contribution < 1.29 is 9.59 Å². The van der Waals surface area contributed by atoms with Gasteiger partial charge in [0.25, 0.3) is 5.91 Å². The standard InChI is InChI=1S/C24H26ClN7O2/c1-30-10-7-16-5-4-6-19(23(16)24(30)34)29-20-11-21(26-13-18(20)25)28-17-12-27-32(14-17)15-22(33)31-8-2-3-9-31/h4-6,11-14H,2-3,7-10,15H2,1H3,(H2,26,28,29). The number of carbonyl (C=O) groups is 2. The molecule has 34 heavy (non-hydrogen) atoms. The minimum Gasteiger partial charge on any atom is -0.353 e. The van der Waals surface area contributed by atoms with Gasteiger partial charge in [0.15, 0.2) is 0 Å². The van der Waals surface area contributed by atoms with E-state index < -0.39 is 0 Å². The summed E-state index contributed by atoms with van der Waals surface area (Å²) in [6, 6.07) is 7.58. The average molecular weight is 480 g/mol. The Morgan fingerprint density at radius 1 is 1.12 bits per heavy atom. The number of likely N-dealkylation sites (N-methyl/N-ethyl adjacent to an activating group) is 1. The Labute approximate surface area is 202 Å². The highest BCUT2D eigenvalue weighted by atomic mass is 35.5. The summed E-state index contributed by atoms with van der Waals surface area (Å²) < 4.78 is 1.62. The third kappa shape index (κ3) is 4.56. The molecule has 10 heteroatoms. The molecular formula is C24H26ClN7O2. The van der Waals surface area contributed by atoms with Gasteiger partial charge in [-0.1, -0.05) is 23.7 Å². The lowest BCUT2D eigenvalue weighted by molar-refractivity contribution is -0.130. The second-order valence-corrected chi connectivity index (χ2v) is 9.04. The molecule has 0 spiro atoms. The topological polar surface area (TPSA) is 95.4 Å². The first-order chi connectivity index (χ1) is 16.5. The lowest BCUT2D eigenvalue weighted by Crippen LogP contribution is -2.34. The molecule has 2 aromatic heterocycles. The van der Waals surface area contributed by atoms with Crippen LogP contribution in [0, 0.1) is 0 Å². The van der Waals surface area contributed by atoms with Gasteiger partial charge in [-0.25, -0.2) is 4.98 Å². The van der Waals surface area contributed by atoms with Crippen LogP contribution in [0.15, 0.2) is 42.9 Å². The van der Waals surface area contributed by atoms with Crippen molar-refractivity contribution in [3.05, 3.63) is 59.0 Å². The van der Waals surface area contributed by atoms with Gasteiger partial charge in [-0.15, -0.1) is 0 Å². The summed E-state index contributed by atoms with van der Waals surface area (Å²) in [4.78, 5) is 33.1. The van der Waals surface area contributed by atoms with Crippen LogP contribution in [0.4, 0.5) is 22.9 Å². The van der Waals surface area contributed by atoms with E-state index in [2.05, 4.69) is 20.7 Å². The van der Waals surface area contributed by atoms with Crippen molar-refractivity contribution in [1.29, 1.82) is 0 Å². The summed E-state index contributed by atoms with van der Waals surface area (Å²) in [5, 5.41) is 11.2. The molecular weight excluding hydrogens is 454 g/mol. The van der Waals surface area contributed by atoms with E-state index in [0.29, 0.717) is 40.0 Å². The molecule has 2 N–H and O–H groups in total. The third-order valence-corrected chi connectivity index (χ3v) is 6.52. The molecule has 1 saturated heterocycles. The van der Waals surface area contributed by atoms with Crippen molar-refractivity contribution in [1.82, 2.24) is 24.6 Å². The second kappa shape index (κ2) is 9.34. The van der Waals surface area contributed by atoms with Crippen LogP contribution < -0.4 is 10.6 Å². The Morgan fingerprint density at radius 2 is 1.94 bits per heavy atom. The molecule has 2 aliphatic rings. The molecule has 0 radical (unpaired) electrons. The largest absolute Gasteiger partial charge is 0.353 e. The predicted octanol–water partition coefficient (Wildman–Crippen LogP) is 3.67. The van der Waals surface area contributed by atoms with Gasteiger partial charge in [-0.2, -0.15) is 5.10 Å². The molecule has 5 rings (SSSR count). The van der Waals surface area contributed by atoms with E-state index in [4.69, 9.17) is 11.6 Å². The minimum atomic E-state index is -0.0104. The third-order valence-electron chi connectivity index (χ3n) is 6.21. The molecule has 0 atom stereocenters. The Morgan fingerprint density at radius 3 is 2.76 bits per heavy atom. The maximum absolute atomic E-state index is 12.8. The van der Waals surface area contributed by atoms with E-state index in [1.54, 1.807) is 34.2 Å². The minimum absolute atomic E-state index is 0.0104. The summed E-state index contributed by atoms with van der Waals surface area (Å²) in [5.41, 5.74) is 3.74. The van der Waals surface area contributed by atoms with Crippen molar-refractivity contribution in [2.75, 3.05) is 37.3 Å². The first-order valence-corrected chi connectivity index (χ1v) is 11.7. The zero-order chi connectivity index (χ0) is 23.7. The summed E-state index contributed by atoms with van der Waals surface area (Å²) in [5.74, 6) is 0.629. The van der Waals surface area contributed by atoms with Gasteiger partial charge in [0.1, 0.15) is 12.4 Å². The Balaban J connectivity index is 1.31. The van der Waals surface area contributed by atoms with Gasteiger partial charge in [-0.05, 0) is 30.9 Å². The molecule has 3 aromatic rings. The number of fused-ring (bicyclic) bond motifs is 1. The van der Waals surface area contributed by atoms with Gasteiger partial charge >= 0.3 is 0 Å². The number of nitrogens with zero attached hydrogens (tertiary/aromatic N) is 5. The Kier molecular flexibility index (Phi) is 6.10. The van der Waals surface area contributed by atoms with Crippen molar-refractivity contribution in [3.63, 3.8) is 0 Å². The number of amides is 2. The lowest BCUT2D eigenvalue weighted by Gasteiger charge is -2.27. The van der Waals surface area contributed by atoms with Crippen LogP contribution >= 0.6 is 11.6 Å². The monoisotopic (exact) mass is 479 g/mol. The van der Waals surface area contributed by atoms with E-state index in [-0.39, 0.29) is 18.4 Å². The summed E-state index contributed by atoms with van der Waals surface area (Å²) in [6.07, 6.45) is 7.92. The van der Waals surface area contributed by atoms with Crippen molar-refractivity contribution >= 4 is 46.3 Å². The number of anilines is 4. The van der Waals surface area contributed by atoms with E-state index in [1.165, 1.54) is 0 Å². The molecule has 0 aliphatic carbocycles. The van der Waals surface area contributed by atoms with Crippen molar-refractivity contribution in [2.24, 2.45) is 0 Å². The quantitative estimate of drug-likeness (QED) is 0.560. The van der Waals surface area contributed by atoms with Crippen LogP contribution in [0.25, 0.3) is 0 Å². The highest BCUT2D eigenvalue weighted by molar-refractivity contribution is 6.33. The number of hydrogen-bond donors (Lipinski definition) is 2. The van der Waals surface area contributed by atoms with Crippen LogP contribution in [-0.2, 0) is 17.8 Å². The van der Waals surface area contributed by atoms with Gasteiger partial charge < -0.3 is 20.4 Å². The number of aromatic nitrogens is 3. The van der Waals surface area contributed by atoms with Crippen LogP contribution in [0.3, 0.4) is 0 Å². The van der Waals surface area contributed by atoms with Crippen molar-refractivity contribution in [2.45, 2.75) is 25.8 Å². The summed E-state index contributed by atoms with van der Waals surface area (Å²) >= 11 is 6.41. The Hall–Kier alpha value is -3.59. The van der Waals surface area contributed by atoms with Crippen LogP contribution in [0.5, 0.6) is 0 Å². The number of benzene rings is 1. The Bertz CT molecular complexity index is 1240. The fourth-order valence-electron chi connectivity index (χ4n) is 4.36. The van der Waals surface area contributed by atoms with Gasteiger partial charge in [0.2, 0.25) is 5.91 Å². The maximum atomic E-state index is 12.8. The van der Waals surface area contributed by atoms with Gasteiger partial charge in [0.05, 0.1) is 40.0 Å². The first-order valence-electron chi connectivity index (χ1n) is 11.3. The van der Waals surface area contributed by atoms with E-state index in [1.807, 2.05) is 30.1 Å². The zero-order valence-electron chi connectivity index (χ0n) is 18.9. The molecule has 0 saturated carbocycles. The number of rotatable bonds is 6. The highest BCUT2D eigenvalue weighted by Crippen LogP contribution is 2.32. The molecule has 0 bridgehead atoms. The second-order valence-electron chi connectivity index (χ2n) is 8.63. The van der Waals surface area contributed by atoms with Crippen LogP contribution in [0.2, 0.25) is 5.02 Å². The average Bonchev–Trinajstić information content (AvgIpc) is 3.51. The maximum Gasteiger partial charge on any atom is 0.255 e. The van der Waals surface area contributed by atoms with Gasteiger partial charge in [0, 0.05) is 38.9 Å². The molecule has 2 aliphatic heterocycles. The fraction of sp³-hybridized carbons (Fsp3) is 0.333. The number of hydrogen-bond acceptors (Lipinski definition) is 6. The number of carbonyl (C=O) groups excluding carboxylic acids is 2. The molecule has 176 valence electrons. The first kappa shape index (κ1) is 22.2. The zero-order valence-corrected chi connectivity index (χ0v) is 19.7. The number of pyridine rings is 1. The molecule has 2 amide bonds. The molecule has 1 fully saturated rings. The SMILES string of the molecule is CN1CCc2cccc(Nc3cc(Nc4cnn(CC(=O)N5CCCC5)c4)ncc3Cl)c2C1=O. The van der Waals surface area contributed by atoms with Crippen LogP contribution in [-0.4, -0.2) is 63.1 Å². The van der Waals surface area contributed by atoms with E-state index >= 15 is 0 Å². The van der Waals surface area contributed by atoms with Crippen molar-refractivity contribution in [3.8, 4) is 0 Å². The number of likely N-dealkylation sites (tertiary alicyclic amines) is 1. The van der Waals surface area contributed by atoms with Gasteiger partial charge in [-0.3, -0.25) is 14.3 Å². The number of halogens is 1. The predicted molar refractivity (Wildman–Crippen MR) is 131 cm³/mol. The smallest absolute Gasteiger partial charge is 0.255 e. The molecule has 1 aromatic carbocycles. The fourth-order valence-corrected chi connectivity index (χ4v) is 4.51. The van der Waals surface area contributed by atoms with E-state index in [0.717, 1.165) is 37.9 Å². The van der Waals surface area contributed by atoms with E-state index in [9.17, 15) is 9.59 Å². The normalized spacial score (nSPS) is 15.4. The summed E-state index contributed by atoms with van der Waals surface area (Å²) in [6.45, 7) is 2.56. The molecule has 4 heterocycles. The molecule has 0 unspecified atom stereocenters. The molecule has 9 nitrogen and oxygen atoms in total. The summed E-state index contributed by atoms with van der Waals surface area (Å²) in [7, 11) is 1.81. The lowest BCUT2D eigenvalue weighted by atomic mass is 9.97.